The molecule has 0 radical (unpaired) electrons. The Hall–Kier alpha value is -1.72. The molecule has 0 aromatic heterocycles. The van der Waals surface area contributed by atoms with Crippen molar-refractivity contribution in [3.63, 3.8) is 0 Å². The molecule has 2 aromatic carbocycles. The first-order valence-corrected chi connectivity index (χ1v) is 22.7. The Morgan fingerprint density at radius 2 is 1.36 bits per heavy atom. The number of hydrogen-bond acceptors (Lipinski definition) is 7. The highest BCUT2D eigenvalue weighted by atomic mass is 31.2. The average molecular weight is 670 g/mol. The number of fused-ring (bicyclic) bond motifs is 1. The summed E-state index contributed by atoms with van der Waals surface area (Å²) in [5.41, 5.74) is 9.57. The summed E-state index contributed by atoms with van der Waals surface area (Å²) in [7, 11) is -7.67. The summed E-state index contributed by atoms with van der Waals surface area (Å²) in [6.07, 6.45) is 0.585. The maximum absolute atomic E-state index is 15.8. The molecule has 3 heterocycles. The molecule has 45 heavy (non-hydrogen) atoms. The van der Waals surface area contributed by atoms with E-state index in [0.29, 0.717) is 23.6 Å². The molecule has 0 bridgehead atoms. The Morgan fingerprint density at radius 3 is 1.82 bits per heavy atom. The highest BCUT2D eigenvalue weighted by Gasteiger charge is 2.91. The molecule has 3 aliphatic rings. The minimum absolute atomic E-state index is 0.0744. The van der Waals surface area contributed by atoms with Gasteiger partial charge in [0.25, 0.3) is 0 Å². The Balaban J connectivity index is 1.66. The molecular formula is C35H52NO6PSi2. The number of carbonyl (C=O) groups is 2. The monoisotopic (exact) mass is 669 g/mol. The van der Waals surface area contributed by atoms with E-state index in [2.05, 4.69) is 20.8 Å². The zero-order valence-electron chi connectivity index (χ0n) is 29.3. The van der Waals surface area contributed by atoms with Gasteiger partial charge in [-0.15, -0.1) is 0 Å². The lowest BCUT2D eigenvalue weighted by Gasteiger charge is -2.40. The first-order chi connectivity index (χ1) is 20.6. The maximum atomic E-state index is 15.8. The summed E-state index contributed by atoms with van der Waals surface area (Å²) >= 11 is 0. The highest BCUT2D eigenvalue weighted by Crippen LogP contribution is 2.79. The molecule has 10 heteroatoms. The van der Waals surface area contributed by atoms with Gasteiger partial charge in [-0.2, -0.15) is 0 Å². The zero-order valence-corrected chi connectivity index (χ0v) is 32.2. The van der Waals surface area contributed by atoms with Crippen LogP contribution in [0, 0.1) is 34.6 Å². The molecule has 2 N–H and O–H groups in total. The van der Waals surface area contributed by atoms with Crippen LogP contribution < -0.4 is 5.73 Å². The minimum atomic E-state index is -4.30. The zero-order chi connectivity index (χ0) is 33.8. The second-order valence-corrected chi connectivity index (χ2v) is 26.6. The lowest BCUT2D eigenvalue weighted by atomic mass is 9.95. The van der Waals surface area contributed by atoms with Crippen LogP contribution in [0.25, 0.3) is 0 Å². The van der Waals surface area contributed by atoms with Crippen LogP contribution in [0.2, 0.25) is 23.2 Å². The summed E-state index contributed by atoms with van der Waals surface area (Å²) in [4.78, 5) is 29.8. The van der Waals surface area contributed by atoms with E-state index in [-0.39, 0.29) is 11.0 Å². The fourth-order valence-electron chi connectivity index (χ4n) is 8.20. The molecular weight excluding hydrogens is 618 g/mol. The topological polar surface area (TPSA) is 105 Å². The number of nitrogens with two attached hydrogens (primary N) is 1. The normalized spacial score (nSPS) is 30.0. The molecule has 7 nitrogen and oxygen atoms in total. The number of hydrogen-bond donors (Lipinski definition) is 1. The summed E-state index contributed by atoms with van der Waals surface area (Å²) in [6.45, 7) is 21.4. The predicted molar refractivity (Wildman–Crippen MR) is 186 cm³/mol. The van der Waals surface area contributed by atoms with Crippen molar-refractivity contribution >= 4 is 34.8 Å². The largest absolute Gasteiger partial charge is 0.409 e. The molecule has 0 spiro atoms. The maximum Gasteiger partial charge on any atom is 0.229 e. The minimum Gasteiger partial charge on any atom is -0.409 e. The van der Waals surface area contributed by atoms with Crippen LogP contribution in [0.4, 0.5) is 0 Å². The van der Waals surface area contributed by atoms with Gasteiger partial charge in [-0.25, -0.2) is 0 Å². The van der Waals surface area contributed by atoms with E-state index in [1.807, 2.05) is 65.8 Å². The van der Waals surface area contributed by atoms with E-state index in [9.17, 15) is 9.59 Å². The van der Waals surface area contributed by atoms with Crippen LogP contribution in [0.5, 0.6) is 0 Å². The molecule has 0 saturated carbocycles. The fraction of sp³-hybridized carbons (Fsp3) is 0.600. The summed E-state index contributed by atoms with van der Waals surface area (Å²) in [6, 6.07) is 10.3. The van der Waals surface area contributed by atoms with E-state index in [1.54, 1.807) is 21.0 Å². The van der Waals surface area contributed by atoms with Crippen LogP contribution in [-0.2, 0) is 24.6 Å². The molecule has 3 aliphatic heterocycles. The third-order valence-corrected chi connectivity index (χ3v) is 25.7. The van der Waals surface area contributed by atoms with Crippen LogP contribution in [0.3, 0.4) is 0 Å². The van der Waals surface area contributed by atoms with Crippen molar-refractivity contribution in [1.82, 2.24) is 0 Å². The summed E-state index contributed by atoms with van der Waals surface area (Å²) in [5.74, 6) is -0.102. The van der Waals surface area contributed by atoms with Gasteiger partial charge in [0.15, 0.2) is 0 Å². The van der Waals surface area contributed by atoms with Crippen molar-refractivity contribution in [1.29, 1.82) is 0 Å². The predicted octanol–water partition coefficient (Wildman–Crippen LogP) is 7.80. The lowest BCUT2D eigenvalue weighted by Crippen LogP contribution is -2.51. The molecule has 246 valence electrons. The molecule has 3 saturated heterocycles. The quantitative estimate of drug-likeness (QED) is 0.132. The highest BCUT2D eigenvalue weighted by molar-refractivity contribution is 7.97. The first-order valence-electron chi connectivity index (χ1n) is 16.2. The van der Waals surface area contributed by atoms with E-state index in [1.165, 1.54) is 0 Å². The Labute approximate surface area is 271 Å². The van der Waals surface area contributed by atoms with E-state index >= 15 is 4.57 Å². The third kappa shape index (κ3) is 5.44. The van der Waals surface area contributed by atoms with Crippen molar-refractivity contribution in [3.05, 3.63) is 68.8 Å². The van der Waals surface area contributed by atoms with Crippen LogP contribution in [0.15, 0.2) is 24.3 Å². The molecule has 3 fully saturated rings. The van der Waals surface area contributed by atoms with Gasteiger partial charge < -0.3 is 23.9 Å². The van der Waals surface area contributed by atoms with Gasteiger partial charge >= 0.3 is 0 Å². The Bertz CT molecular complexity index is 1630. The lowest BCUT2D eigenvalue weighted by molar-refractivity contribution is 0.0633. The van der Waals surface area contributed by atoms with Crippen molar-refractivity contribution < 1.29 is 27.7 Å². The molecule has 2 aromatic rings. The number of aryl methyl sites for hydroxylation is 6. The number of ether oxygens (including phenoxy) is 1. The molecule has 5 rings (SSSR count). The van der Waals surface area contributed by atoms with Gasteiger partial charge in [0.05, 0.1) is 16.6 Å². The van der Waals surface area contributed by atoms with Crippen LogP contribution in [0.1, 0.15) is 95.6 Å². The van der Waals surface area contributed by atoms with E-state index in [0.717, 1.165) is 45.5 Å². The van der Waals surface area contributed by atoms with Gasteiger partial charge in [-0.1, -0.05) is 49.2 Å². The molecule has 0 amide bonds. The number of carbonyl (C=O) groups excluding carboxylic acids is 2. The number of rotatable bonds is 13. The smallest absolute Gasteiger partial charge is 0.229 e. The average Bonchev–Trinajstić information content (AvgIpc) is 3.79. The van der Waals surface area contributed by atoms with E-state index < -0.39 is 51.2 Å². The Morgan fingerprint density at radius 1 is 0.867 bits per heavy atom. The summed E-state index contributed by atoms with van der Waals surface area (Å²) < 4.78 is 35.5. The van der Waals surface area contributed by atoms with Gasteiger partial charge in [0.2, 0.25) is 34.8 Å². The Kier molecular flexibility index (Phi) is 8.19. The van der Waals surface area contributed by atoms with Crippen LogP contribution >= 0.6 is 7.14 Å². The van der Waals surface area contributed by atoms with Gasteiger partial charge in [0.1, 0.15) is 0 Å². The fourth-order valence-corrected chi connectivity index (χ4v) is 25.5. The van der Waals surface area contributed by atoms with Crippen molar-refractivity contribution in [2.45, 2.75) is 122 Å². The van der Waals surface area contributed by atoms with Gasteiger partial charge in [-0.05, 0) is 109 Å². The molecule has 3 unspecified atom stereocenters. The second-order valence-electron chi connectivity index (χ2n) is 15.6. The number of methoxy groups -OCH3 is 1. The van der Waals surface area contributed by atoms with E-state index in [4.69, 9.17) is 19.3 Å². The van der Waals surface area contributed by atoms with Gasteiger partial charge in [0, 0.05) is 29.1 Å². The standard InChI is InChI=1S/C35H52NO6PSi2/c1-13-27-17-23(3)16-26(6)29(27)31(38)43(39,30(37)28-24(4)14-22(2)15-25(28)5)21-45(42-33(9,10)36)18-34(45,11)32(7,8)41-44-19-35(44,20-44)40-12/h14-17H,13,18-21,36H2,1-12H3. The molecule has 3 atom stereocenters. The molecule has 0 aliphatic carbocycles. The van der Waals surface area contributed by atoms with Crippen molar-refractivity contribution in [2.24, 2.45) is 5.73 Å². The second kappa shape index (κ2) is 10.6. The number of benzene rings is 2. The SMILES string of the molecule is CCc1cc(C)cc(C)c1C(=O)P(=O)(C[Si]1(OC(C)(C)N)CC1(C)C(C)(C)O[Si]12CC1(OC)C2)C(=O)c1c(C)cc(C)cc1C. The van der Waals surface area contributed by atoms with Gasteiger partial charge in [-0.3, -0.25) is 9.59 Å². The third-order valence-electron chi connectivity index (χ3n) is 11.1. The van der Waals surface area contributed by atoms with Crippen molar-refractivity contribution in [2.75, 3.05) is 12.9 Å². The van der Waals surface area contributed by atoms with Crippen molar-refractivity contribution in [3.8, 4) is 0 Å². The summed E-state index contributed by atoms with van der Waals surface area (Å²) in [5, 5.41) is -0.596. The first kappa shape index (κ1) is 34.6. The van der Waals surface area contributed by atoms with Crippen LogP contribution in [-0.4, -0.2) is 57.1 Å².